The highest BCUT2D eigenvalue weighted by Gasteiger charge is 2.13. The summed E-state index contributed by atoms with van der Waals surface area (Å²) >= 11 is 6.03. The molecule has 0 saturated carbocycles. The summed E-state index contributed by atoms with van der Waals surface area (Å²) in [5.74, 6) is 0. The molecule has 1 aromatic heterocycles. The van der Waals surface area contributed by atoms with Gasteiger partial charge in [-0.05, 0) is 31.9 Å². The molecule has 2 N–H and O–H groups in total. The first-order valence-corrected chi connectivity index (χ1v) is 6.55. The number of anilines is 1. The molecule has 0 aliphatic heterocycles. The summed E-state index contributed by atoms with van der Waals surface area (Å²) < 4.78 is 5.03. The van der Waals surface area contributed by atoms with Gasteiger partial charge in [0.15, 0.2) is 5.15 Å². The maximum Gasteiger partial charge on any atom is 0.319 e. The molecule has 1 atom stereocenters. The lowest BCUT2D eigenvalue weighted by Gasteiger charge is -2.17. The summed E-state index contributed by atoms with van der Waals surface area (Å²) in [6, 6.07) is 1.54. The zero-order valence-electron chi connectivity index (χ0n) is 11.7. The number of nitrogens with one attached hydrogen (secondary N) is 2. The fourth-order valence-corrected chi connectivity index (χ4v) is 2.07. The number of nitrogens with zero attached hydrogens (tertiary/aromatic N) is 1. The van der Waals surface area contributed by atoms with Crippen molar-refractivity contribution in [3.8, 4) is 0 Å². The van der Waals surface area contributed by atoms with E-state index >= 15 is 0 Å². The molecule has 1 heterocycles. The predicted molar refractivity (Wildman–Crippen MR) is 76.8 cm³/mol. The van der Waals surface area contributed by atoms with Crippen LogP contribution in [0.5, 0.6) is 0 Å². The molecule has 0 spiro atoms. The quantitative estimate of drug-likeness (QED) is 0.818. The normalized spacial score (nSPS) is 12.1. The predicted octanol–water partition coefficient (Wildman–Crippen LogP) is 2.90. The van der Waals surface area contributed by atoms with Crippen molar-refractivity contribution in [3.63, 3.8) is 0 Å². The third-order valence-corrected chi connectivity index (χ3v) is 3.01. The van der Waals surface area contributed by atoms with Crippen molar-refractivity contribution in [2.45, 2.75) is 33.2 Å². The number of amides is 2. The molecule has 6 heteroatoms. The van der Waals surface area contributed by atoms with E-state index in [-0.39, 0.29) is 12.1 Å². The maximum absolute atomic E-state index is 11.9. The molecule has 0 aliphatic rings. The molecule has 19 heavy (non-hydrogen) atoms. The van der Waals surface area contributed by atoms with Gasteiger partial charge in [0.1, 0.15) is 0 Å². The molecule has 0 saturated heterocycles. The summed E-state index contributed by atoms with van der Waals surface area (Å²) in [6.07, 6.45) is 0.792. The Hall–Kier alpha value is -1.33. The van der Waals surface area contributed by atoms with Crippen LogP contribution < -0.4 is 10.6 Å². The number of hydrogen-bond donors (Lipinski definition) is 2. The zero-order valence-corrected chi connectivity index (χ0v) is 12.5. The number of aromatic nitrogens is 1. The molecule has 1 aromatic rings. The standard InChI is InChI=1S/C13H20ClN3O2/c1-5-10(7-19-4)16-13(18)17-11-8(2)6-9(3)15-12(11)14/h6,10H,5,7H2,1-4H3,(H2,16,17,18)/t10-/m1/s1. The van der Waals surface area contributed by atoms with Crippen LogP contribution >= 0.6 is 11.6 Å². The minimum absolute atomic E-state index is 0.0255. The van der Waals surface area contributed by atoms with Gasteiger partial charge in [0.2, 0.25) is 0 Å². The number of methoxy groups -OCH3 is 1. The maximum atomic E-state index is 11.9. The SMILES string of the molecule is CC[C@H](COC)NC(=O)Nc1c(C)cc(C)nc1Cl. The number of rotatable bonds is 5. The minimum atomic E-state index is -0.306. The molecular formula is C13H20ClN3O2. The Kier molecular flexibility index (Phi) is 6.05. The lowest BCUT2D eigenvalue weighted by atomic mass is 10.2. The van der Waals surface area contributed by atoms with Gasteiger partial charge in [-0.3, -0.25) is 0 Å². The van der Waals surface area contributed by atoms with Crippen molar-refractivity contribution in [1.82, 2.24) is 10.3 Å². The fourth-order valence-electron chi connectivity index (χ4n) is 1.74. The van der Waals surface area contributed by atoms with E-state index < -0.39 is 0 Å². The Bertz CT molecular complexity index is 429. The van der Waals surface area contributed by atoms with Crippen molar-refractivity contribution in [2.75, 3.05) is 19.0 Å². The zero-order chi connectivity index (χ0) is 14.4. The van der Waals surface area contributed by atoms with Crippen molar-refractivity contribution < 1.29 is 9.53 Å². The van der Waals surface area contributed by atoms with Gasteiger partial charge in [-0.1, -0.05) is 18.5 Å². The molecule has 0 aliphatic carbocycles. The van der Waals surface area contributed by atoms with Gasteiger partial charge in [-0.25, -0.2) is 9.78 Å². The van der Waals surface area contributed by atoms with E-state index in [2.05, 4.69) is 15.6 Å². The van der Waals surface area contributed by atoms with Crippen molar-refractivity contribution in [3.05, 3.63) is 22.5 Å². The molecule has 0 bridgehead atoms. The number of urea groups is 1. The van der Waals surface area contributed by atoms with Crippen LogP contribution in [0.4, 0.5) is 10.5 Å². The Morgan fingerprint density at radius 2 is 2.21 bits per heavy atom. The van der Waals surface area contributed by atoms with E-state index in [4.69, 9.17) is 16.3 Å². The van der Waals surface area contributed by atoms with Gasteiger partial charge in [0, 0.05) is 12.8 Å². The number of hydrogen-bond acceptors (Lipinski definition) is 3. The van der Waals surface area contributed by atoms with Gasteiger partial charge in [-0.15, -0.1) is 0 Å². The molecule has 2 amide bonds. The highest BCUT2D eigenvalue weighted by molar-refractivity contribution is 6.32. The van der Waals surface area contributed by atoms with E-state index in [1.807, 2.05) is 26.8 Å². The van der Waals surface area contributed by atoms with E-state index in [1.54, 1.807) is 7.11 Å². The number of carbonyl (C=O) groups excluding carboxylic acids is 1. The van der Waals surface area contributed by atoms with E-state index in [1.165, 1.54) is 0 Å². The second kappa shape index (κ2) is 7.31. The molecule has 106 valence electrons. The molecule has 1 rings (SSSR count). The van der Waals surface area contributed by atoms with Crippen LogP contribution in [-0.4, -0.2) is 30.8 Å². The second-order valence-corrected chi connectivity index (χ2v) is 4.76. The van der Waals surface area contributed by atoms with Crippen molar-refractivity contribution >= 4 is 23.3 Å². The molecular weight excluding hydrogens is 266 g/mol. The highest BCUT2D eigenvalue weighted by atomic mass is 35.5. The third-order valence-electron chi connectivity index (χ3n) is 2.73. The van der Waals surface area contributed by atoms with Gasteiger partial charge in [0.25, 0.3) is 0 Å². The lowest BCUT2D eigenvalue weighted by molar-refractivity contribution is 0.165. The molecule has 0 unspecified atom stereocenters. The summed E-state index contributed by atoms with van der Waals surface area (Å²) in [7, 11) is 1.60. The first kappa shape index (κ1) is 15.7. The van der Waals surface area contributed by atoms with Crippen LogP contribution in [0.3, 0.4) is 0 Å². The van der Waals surface area contributed by atoms with Gasteiger partial charge in [0.05, 0.1) is 18.3 Å². The first-order valence-electron chi connectivity index (χ1n) is 6.18. The van der Waals surface area contributed by atoms with Crippen LogP contribution in [0, 0.1) is 13.8 Å². The minimum Gasteiger partial charge on any atom is -0.383 e. The Labute approximate surface area is 118 Å². The van der Waals surface area contributed by atoms with E-state index in [0.717, 1.165) is 17.7 Å². The number of halogens is 1. The van der Waals surface area contributed by atoms with Crippen LogP contribution in [0.25, 0.3) is 0 Å². The Morgan fingerprint density at radius 1 is 1.53 bits per heavy atom. The average Bonchev–Trinajstić information content (AvgIpc) is 2.33. The number of ether oxygens (including phenoxy) is 1. The number of aryl methyl sites for hydroxylation is 2. The molecule has 5 nitrogen and oxygen atoms in total. The molecule has 0 fully saturated rings. The van der Waals surface area contributed by atoms with Gasteiger partial charge in [-0.2, -0.15) is 0 Å². The number of carbonyl (C=O) groups is 1. The topological polar surface area (TPSA) is 63.2 Å². The summed E-state index contributed by atoms with van der Waals surface area (Å²) in [5.41, 5.74) is 2.24. The fraction of sp³-hybridized carbons (Fsp3) is 0.538. The highest BCUT2D eigenvalue weighted by Crippen LogP contribution is 2.24. The van der Waals surface area contributed by atoms with Crippen LogP contribution in [0.15, 0.2) is 6.07 Å². The first-order chi connectivity index (χ1) is 8.97. The van der Waals surface area contributed by atoms with Crippen molar-refractivity contribution in [1.29, 1.82) is 0 Å². The summed E-state index contributed by atoms with van der Waals surface area (Å²) in [6.45, 7) is 6.19. The monoisotopic (exact) mass is 285 g/mol. The second-order valence-electron chi connectivity index (χ2n) is 4.41. The Morgan fingerprint density at radius 3 is 2.74 bits per heavy atom. The smallest absolute Gasteiger partial charge is 0.319 e. The van der Waals surface area contributed by atoms with Gasteiger partial charge >= 0.3 is 6.03 Å². The van der Waals surface area contributed by atoms with E-state index in [0.29, 0.717) is 17.4 Å². The van der Waals surface area contributed by atoms with Gasteiger partial charge < -0.3 is 15.4 Å². The van der Waals surface area contributed by atoms with E-state index in [9.17, 15) is 4.79 Å². The Balaban J connectivity index is 2.72. The number of pyridine rings is 1. The molecule has 0 radical (unpaired) electrons. The van der Waals surface area contributed by atoms with Crippen LogP contribution in [0.2, 0.25) is 5.15 Å². The van der Waals surface area contributed by atoms with Crippen LogP contribution in [-0.2, 0) is 4.74 Å². The average molecular weight is 286 g/mol. The van der Waals surface area contributed by atoms with Crippen molar-refractivity contribution in [2.24, 2.45) is 0 Å². The third kappa shape index (κ3) is 4.69. The largest absolute Gasteiger partial charge is 0.383 e. The van der Waals surface area contributed by atoms with Crippen LogP contribution in [0.1, 0.15) is 24.6 Å². The summed E-state index contributed by atoms with van der Waals surface area (Å²) in [5, 5.41) is 5.85. The summed E-state index contributed by atoms with van der Waals surface area (Å²) in [4.78, 5) is 16.0. The lowest BCUT2D eigenvalue weighted by Crippen LogP contribution is -2.40. The molecule has 0 aromatic carbocycles.